The Balaban J connectivity index is 2.02. The van der Waals surface area contributed by atoms with Crippen LogP contribution in [0.5, 0.6) is 0 Å². The highest BCUT2D eigenvalue weighted by molar-refractivity contribution is 7.11. The van der Waals surface area contributed by atoms with Gasteiger partial charge in [-0.3, -0.25) is 4.90 Å². The molecule has 0 spiro atoms. The van der Waals surface area contributed by atoms with Gasteiger partial charge in [0, 0.05) is 37.4 Å². The van der Waals surface area contributed by atoms with Crippen molar-refractivity contribution < 1.29 is 0 Å². The van der Waals surface area contributed by atoms with Crippen LogP contribution in [-0.2, 0) is 19.4 Å². The van der Waals surface area contributed by atoms with E-state index in [2.05, 4.69) is 23.7 Å². The molecular formula is C12H21N3S. The van der Waals surface area contributed by atoms with E-state index in [9.17, 15) is 0 Å². The van der Waals surface area contributed by atoms with E-state index in [4.69, 9.17) is 5.73 Å². The van der Waals surface area contributed by atoms with Gasteiger partial charge in [0.25, 0.3) is 0 Å². The Morgan fingerprint density at radius 3 is 3.00 bits per heavy atom. The first-order chi connectivity index (χ1) is 7.69. The lowest BCUT2D eigenvalue weighted by Crippen LogP contribution is -2.32. The molecular weight excluding hydrogens is 218 g/mol. The Hall–Kier alpha value is -0.450. The highest BCUT2D eigenvalue weighted by atomic mass is 32.1. The van der Waals surface area contributed by atoms with Gasteiger partial charge in [-0.15, -0.1) is 11.3 Å². The first-order valence-electron chi connectivity index (χ1n) is 6.09. The summed E-state index contributed by atoms with van der Waals surface area (Å²) in [6.07, 6.45) is 2.05. The van der Waals surface area contributed by atoms with E-state index in [-0.39, 0.29) is 0 Å². The lowest BCUT2D eigenvalue weighted by molar-refractivity contribution is 0.228. The summed E-state index contributed by atoms with van der Waals surface area (Å²) in [7, 11) is 0. The van der Waals surface area contributed by atoms with E-state index in [1.807, 2.05) is 11.3 Å². The smallest absolute Gasteiger partial charge is 0.0944 e. The molecule has 2 N–H and O–H groups in total. The molecule has 16 heavy (non-hydrogen) atoms. The van der Waals surface area contributed by atoms with Crippen molar-refractivity contribution >= 4 is 11.3 Å². The van der Waals surface area contributed by atoms with Crippen LogP contribution in [0.15, 0.2) is 0 Å². The molecule has 3 nitrogen and oxygen atoms in total. The third-order valence-corrected chi connectivity index (χ3v) is 3.98. The molecule has 1 aliphatic heterocycles. The van der Waals surface area contributed by atoms with Crippen molar-refractivity contribution in [3.05, 3.63) is 15.6 Å². The van der Waals surface area contributed by atoms with E-state index in [1.165, 1.54) is 22.1 Å². The summed E-state index contributed by atoms with van der Waals surface area (Å²) < 4.78 is 0. The number of hydrogen-bond donors (Lipinski definition) is 1. The molecule has 1 aromatic heterocycles. The molecule has 1 aliphatic rings. The van der Waals surface area contributed by atoms with Crippen molar-refractivity contribution in [1.29, 1.82) is 0 Å². The molecule has 0 aromatic carbocycles. The lowest BCUT2D eigenvalue weighted by atomic mass is 10.1. The Kier molecular flexibility index (Phi) is 3.95. The van der Waals surface area contributed by atoms with Gasteiger partial charge in [0.2, 0.25) is 0 Å². The van der Waals surface area contributed by atoms with Crippen LogP contribution in [0.3, 0.4) is 0 Å². The third kappa shape index (κ3) is 2.81. The second kappa shape index (κ2) is 5.25. The molecule has 0 aliphatic carbocycles. The average molecular weight is 239 g/mol. The maximum absolute atomic E-state index is 5.57. The normalized spacial score (nSPS) is 16.8. The number of thiazole rings is 1. The largest absolute Gasteiger partial charge is 0.330 e. The highest BCUT2D eigenvalue weighted by Crippen LogP contribution is 2.25. The summed E-state index contributed by atoms with van der Waals surface area (Å²) in [4.78, 5) is 8.67. The molecule has 2 rings (SSSR count). The van der Waals surface area contributed by atoms with Crippen LogP contribution in [-0.4, -0.2) is 29.5 Å². The van der Waals surface area contributed by atoms with E-state index >= 15 is 0 Å². The van der Waals surface area contributed by atoms with Gasteiger partial charge in [-0.25, -0.2) is 4.98 Å². The van der Waals surface area contributed by atoms with E-state index in [0.717, 1.165) is 31.8 Å². The van der Waals surface area contributed by atoms with Crippen LogP contribution >= 0.6 is 11.3 Å². The summed E-state index contributed by atoms with van der Waals surface area (Å²) in [5, 5.41) is 1.22. The van der Waals surface area contributed by atoms with Crippen LogP contribution < -0.4 is 5.73 Å². The second-order valence-corrected chi connectivity index (χ2v) is 6.06. The number of hydrogen-bond acceptors (Lipinski definition) is 4. The molecule has 90 valence electrons. The topological polar surface area (TPSA) is 42.2 Å². The van der Waals surface area contributed by atoms with Crippen molar-refractivity contribution in [1.82, 2.24) is 9.88 Å². The third-order valence-electron chi connectivity index (χ3n) is 2.84. The summed E-state index contributed by atoms with van der Waals surface area (Å²) in [5.41, 5.74) is 6.90. The minimum atomic E-state index is 0.710. The monoisotopic (exact) mass is 239 g/mol. The molecule has 4 heteroatoms. The minimum Gasteiger partial charge on any atom is -0.330 e. The fraction of sp³-hybridized carbons (Fsp3) is 0.750. The number of nitrogens with two attached hydrogens (primary N) is 1. The predicted molar refractivity (Wildman–Crippen MR) is 68.7 cm³/mol. The van der Waals surface area contributed by atoms with Crippen LogP contribution in [0, 0.1) is 5.92 Å². The van der Waals surface area contributed by atoms with Crippen molar-refractivity contribution in [2.45, 2.75) is 33.2 Å². The standard InChI is InChI=1S/C12H21N3S/c1-9(2)7-15-6-4-10-11(8-15)16-12(14-10)3-5-13/h9H,3-8,13H2,1-2H3. The second-order valence-electron chi connectivity index (χ2n) is 4.90. The van der Waals surface area contributed by atoms with Gasteiger partial charge >= 0.3 is 0 Å². The minimum absolute atomic E-state index is 0.710. The predicted octanol–water partition coefficient (Wildman–Crippen LogP) is 1.66. The number of aromatic nitrogens is 1. The Morgan fingerprint density at radius 1 is 1.50 bits per heavy atom. The maximum atomic E-state index is 5.57. The first kappa shape index (κ1) is 12.0. The van der Waals surface area contributed by atoms with Crippen molar-refractivity contribution in [3.8, 4) is 0 Å². The molecule has 0 fully saturated rings. The van der Waals surface area contributed by atoms with Crippen LogP contribution in [0.4, 0.5) is 0 Å². The summed E-state index contributed by atoms with van der Waals surface area (Å²) in [5.74, 6) is 0.748. The number of fused-ring (bicyclic) bond motifs is 1. The van der Waals surface area contributed by atoms with Gasteiger partial charge in [0.1, 0.15) is 0 Å². The van der Waals surface area contributed by atoms with Gasteiger partial charge in [-0.2, -0.15) is 0 Å². The summed E-state index contributed by atoms with van der Waals surface area (Å²) in [6, 6.07) is 0. The zero-order chi connectivity index (χ0) is 11.5. The SMILES string of the molecule is CC(C)CN1CCc2nc(CCN)sc2C1. The van der Waals surface area contributed by atoms with Gasteiger partial charge in [0.15, 0.2) is 0 Å². The molecule has 0 saturated carbocycles. The molecule has 0 unspecified atom stereocenters. The Bertz CT molecular complexity index is 346. The Labute approximate surface area is 102 Å². The van der Waals surface area contributed by atoms with Crippen molar-refractivity contribution in [2.24, 2.45) is 11.7 Å². The first-order valence-corrected chi connectivity index (χ1v) is 6.90. The quantitative estimate of drug-likeness (QED) is 0.869. The highest BCUT2D eigenvalue weighted by Gasteiger charge is 2.20. The van der Waals surface area contributed by atoms with Gasteiger partial charge in [0.05, 0.1) is 10.7 Å². The molecule has 1 aromatic rings. The van der Waals surface area contributed by atoms with Crippen LogP contribution in [0.1, 0.15) is 29.4 Å². The Morgan fingerprint density at radius 2 is 2.31 bits per heavy atom. The van der Waals surface area contributed by atoms with Crippen LogP contribution in [0.2, 0.25) is 0 Å². The van der Waals surface area contributed by atoms with Gasteiger partial charge < -0.3 is 5.73 Å². The fourth-order valence-corrected chi connectivity index (χ4v) is 3.38. The molecule has 0 atom stereocenters. The number of nitrogens with zero attached hydrogens (tertiary/aromatic N) is 2. The number of rotatable bonds is 4. The summed E-state index contributed by atoms with van der Waals surface area (Å²) in [6.45, 7) is 8.72. The van der Waals surface area contributed by atoms with Gasteiger partial charge in [-0.05, 0) is 12.5 Å². The van der Waals surface area contributed by atoms with Gasteiger partial charge in [-0.1, -0.05) is 13.8 Å². The molecule has 2 heterocycles. The maximum Gasteiger partial charge on any atom is 0.0944 e. The van der Waals surface area contributed by atoms with E-state index < -0.39 is 0 Å². The van der Waals surface area contributed by atoms with Crippen molar-refractivity contribution in [2.75, 3.05) is 19.6 Å². The molecule has 0 radical (unpaired) electrons. The zero-order valence-corrected chi connectivity index (χ0v) is 11.0. The van der Waals surface area contributed by atoms with E-state index in [0.29, 0.717) is 6.54 Å². The summed E-state index contributed by atoms with van der Waals surface area (Å²) >= 11 is 1.86. The van der Waals surface area contributed by atoms with E-state index in [1.54, 1.807) is 0 Å². The molecule has 0 bridgehead atoms. The molecule has 0 saturated heterocycles. The fourth-order valence-electron chi connectivity index (χ4n) is 2.20. The van der Waals surface area contributed by atoms with Crippen molar-refractivity contribution in [3.63, 3.8) is 0 Å². The zero-order valence-electron chi connectivity index (χ0n) is 10.2. The lowest BCUT2D eigenvalue weighted by Gasteiger charge is -2.27. The average Bonchev–Trinajstić information content (AvgIpc) is 2.59. The van der Waals surface area contributed by atoms with Crippen LogP contribution in [0.25, 0.3) is 0 Å². The molecule has 0 amide bonds.